The normalized spacial score (nSPS) is 10.7. The lowest BCUT2D eigenvalue weighted by atomic mass is 10.4. The molecule has 3 nitrogen and oxygen atoms in total. The Morgan fingerprint density at radius 2 is 1.73 bits per heavy atom. The highest BCUT2D eigenvalue weighted by molar-refractivity contribution is 5.96. The molecule has 62 valence electrons. The van der Waals surface area contributed by atoms with Crippen LogP contribution in [-0.2, 0) is 4.74 Å². The average Bonchev–Trinajstić information content (AvgIpc) is 1.98. The zero-order valence-corrected chi connectivity index (χ0v) is 7.51. The highest BCUT2D eigenvalue weighted by Crippen LogP contribution is 1.95. The Morgan fingerprint density at radius 3 is 2.09 bits per heavy atom. The van der Waals surface area contributed by atoms with Crippen LogP contribution in [0.2, 0.25) is 0 Å². The molecule has 0 rings (SSSR count). The Morgan fingerprint density at radius 1 is 1.18 bits per heavy atom. The minimum atomic E-state index is 0.551. The minimum absolute atomic E-state index is 0.551. The molecule has 0 radical (unpaired) electrons. The molecule has 0 aliphatic carbocycles. The lowest BCUT2D eigenvalue weighted by Gasteiger charge is -1.99. The van der Waals surface area contributed by atoms with E-state index in [1.54, 1.807) is 14.0 Å². The fourth-order valence-corrected chi connectivity index (χ4v) is 0.378. The van der Waals surface area contributed by atoms with E-state index in [2.05, 4.69) is 16.8 Å². The zero-order valence-electron chi connectivity index (χ0n) is 7.51. The molecular formula is C8H14N2O. The van der Waals surface area contributed by atoms with E-state index in [-0.39, 0.29) is 0 Å². The molecular weight excluding hydrogens is 140 g/mol. The van der Waals surface area contributed by atoms with Crippen molar-refractivity contribution >= 4 is 11.4 Å². The standard InChI is InChI=1S/C8H14N2O/c1-6(2)9-10-7(3)8(4)11-5/h4H2,1-3,5H3/b10-7-. The van der Waals surface area contributed by atoms with E-state index in [1.165, 1.54) is 0 Å². The van der Waals surface area contributed by atoms with Crippen molar-refractivity contribution in [3.8, 4) is 0 Å². The van der Waals surface area contributed by atoms with Crippen molar-refractivity contribution in [2.45, 2.75) is 20.8 Å². The summed E-state index contributed by atoms with van der Waals surface area (Å²) in [6.07, 6.45) is 0. The molecule has 0 aromatic heterocycles. The molecule has 0 unspecified atom stereocenters. The second-order valence-corrected chi connectivity index (χ2v) is 2.36. The summed E-state index contributed by atoms with van der Waals surface area (Å²) in [6.45, 7) is 9.20. The third kappa shape index (κ3) is 4.31. The van der Waals surface area contributed by atoms with Crippen LogP contribution in [0.15, 0.2) is 22.5 Å². The van der Waals surface area contributed by atoms with Crippen molar-refractivity contribution in [1.82, 2.24) is 0 Å². The fraction of sp³-hybridized carbons (Fsp3) is 0.500. The number of nitrogens with zero attached hydrogens (tertiary/aromatic N) is 2. The van der Waals surface area contributed by atoms with Crippen molar-refractivity contribution in [2.24, 2.45) is 10.2 Å². The van der Waals surface area contributed by atoms with E-state index in [4.69, 9.17) is 4.74 Å². The van der Waals surface area contributed by atoms with E-state index in [0.717, 1.165) is 5.71 Å². The molecule has 0 heterocycles. The smallest absolute Gasteiger partial charge is 0.134 e. The van der Waals surface area contributed by atoms with Crippen LogP contribution in [0.4, 0.5) is 0 Å². The second kappa shape index (κ2) is 4.66. The summed E-state index contributed by atoms with van der Waals surface area (Å²) in [5, 5.41) is 7.73. The SMILES string of the molecule is C=C(OC)/C(C)=N\N=C(C)C. The molecule has 0 saturated carbocycles. The third-order valence-electron chi connectivity index (χ3n) is 1.05. The summed E-state index contributed by atoms with van der Waals surface area (Å²) in [7, 11) is 1.56. The second-order valence-electron chi connectivity index (χ2n) is 2.36. The van der Waals surface area contributed by atoms with Crippen molar-refractivity contribution in [3.05, 3.63) is 12.3 Å². The lowest BCUT2D eigenvalue weighted by molar-refractivity contribution is 0.316. The van der Waals surface area contributed by atoms with Crippen LogP contribution in [-0.4, -0.2) is 18.5 Å². The third-order valence-corrected chi connectivity index (χ3v) is 1.05. The first kappa shape index (κ1) is 9.88. The van der Waals surface area contributed by atoms with Crippen molar-refractivity contribution in [3.63, 3.8) is 0 Å². The number of methoxy groups -OCH3 is 1. The summed E-state index contributed by atoms with van der Waals surface area (Å²) in [6, 6.07) is 0. The molecule has 0 aliphatic rings. The van der Waals surface area contributed by atoms with Gasteiger partial charge in [-0.15, -0.1) is 0 Å². The molecule has 0 bridgehead atoms. The molecule has 0 spiro atoms. The van der Waals surface area contributed by atoms with Crippen LogP contribution in [0.5, 0.6) is 0 Å². The molecule has 0 amide bonds. The maximum absolute atomic E-state index is 4.85. The largest absolute Gasteiger partial charge is 0.495 e. The Hall–Kier alpha value is -1.12. The van der Waals surface area contributed by atoms with Gasteiger partial charge < -0.3 is 4.74 Å². The monoisotopic (exact) mass is 154 g/mol. The van der Waals surface area contributed by atoms with Crippen molar-refractivity contribution < 1.29 is 4.74 Å². The van der Waals surface area contributed by atoms with Gasteiger partial charge in [-0.1, -0.05) is 6.58 Å². The molecule has 0 fully saturated rings. The maximum atomic E-state index is 4.85. The van der Waals surface area contributed by atoms with Crippen molar-refractivity contribution in [2.75, 3.05) is 7.11 Å². The van der Waals surface area contributed by atoms with Gasteiger partial charge in [0.2, 0.25) is 0 Å². The van der Waals surface area contributed by atoms with Crippen LogP contribution < -0.4 is 0 Å². The fourth-order valence-electron chi connectivity index (χ4n) is 0.378. The van der Waals surface area contributed by atoms with Gasteiger partial charge in [-0.3, -0.25) is 0 Å². The Balaban J connectivity index is 4.23. The van der Waals surface area contributed by atoms with E-state index in [0.29, 0.717) is 11.5 Å². The quantitative estimate of drug-likeness (QED) is 0.348. The number of hydrogen-bond donors (Lipinski definition) is 0. The van der Waals surface area contributed by atoms with Crippen LogP contribution >= 0.6 is 0 Å². The van der Waals surface area contributed by atoms with Gasteiger partial charge >= 0.3 is 0 Å². The molecule has 0 aromatic carbocycles. The van der Waals surface area contributed by atoms with Crippen LogP contribution in [0.1, 0.15) is 20.8 Å². The van der Waals surface area contributed by atoms with Gasteiger partial charge in [0.1, 0.15) is 11.5 Å². The topological polar surface area (TPSA) is 34.0 Å². The zero-order chi connectivity index (χ0) is 8.85. The van der Waals surface area contributed by atoms with Crippen LogP contribution in [0.25, 0.3) is 0 Å². The highest BCUT2D eigenvalue weighted by atomic mass is 16.5. The Labute approximate surface area is 67.5 Å². The summed E-state index contributed by atoms with van der Waals surface area (Å²) < 4.78 is 4.85. The van der Waals surface area contributed by atoms with Gasteiger partial charge in [0, 0.05) is 5.71 Å². The van der Waals surface area contributed by atoms with E-state index in [9.17, 15) is 0 Å². The van der Waals surface area contributed by atoms with Gasteiger partial charge in [0.15, 0.2) is 0 Å². The van der Waals surface area contributed by atoms with Gasteiger partial charge in [-0.05, 0) is 20.8 Å². The van der Waals surface area contributed by atoms with E-state index < -0.39 is 0 Å². The van der Waals surface area contributed by atoms with Gasteiger partial charge in [-0.25, -0.2) is 0 Å². The molecule has 0 aliphatic heterocycles. The van der Waals surface area contributed by atoms with Gasteiger partial charge in [-0.2, -0.15) is 10.2 Å². The number of hydrogen-bond acceptors (Lipinski definition) is 3. The van der Waals surface area contributed by atoms with Crippen molar-refractivity contribution in [1.29, 1.82) is 0 Å². The Bertz CT molecular complexity index is 200. The van der Waals surface area contributed by atoms with Gasteiger partial charge in [0.05, 0.1) is 7.11 Å². The van der Waals surface area contributed by atoms with E-state index >= 15 is 0 Å². The highest BCUT2D eigenvalue weighted by Gasteiger charge is 1.94. The van der Waals surface area contributed by atoms with Crippen LogP contribution in [0, 0.1) is 0 Å². The van der Waals surface area contributed by atoms with Gasteiger partial charge in [0.25, 0.3) is 0 Å². The first-order valence-electron chi connectivity index (χ1n) is 3.36. The molecule has 3 heteroatoms. The number of ether oxygens (including phenoxy) is 1. The first-order valence-corrected chi connectivity index (χ1v) is 3.36. The summed E-state index contributed by atoms with van der Waals surface area (Å²) in [4.78, 5) is 0. The molecule has 11 heavy (non-hydrogen) atoms. The molecule has 0 atom stereocenters. The Kier molecular flexibility index (Phi) is 4.18. The summed E-state index contributed by atoms with van der Waals surface area (Å²) in [5.41, 5.74) is 1.61. The number of allylic oxidation sites excluding steroid dienone is 1. The average molecular weight is 154 g/mol. The minimum Gasteiger partial charge on any atom is -0.495 e. The van der Waals surface area contributed by atoms with Crippen LogP contribution in [0.3, 0.4) is 0 Å². The first-order chi connectivity index (χ1) is 5.07. The summed E-state index contributed by atoms with van der Waals surface area (Å²) >= 11 is 0. The lowest BCUT2D eigenvalue weighted by Crippen LogP contribution is -1.97. The molecule has 0 saturated heterocycles. The number of rotatable bonds is 3. The molecule has 0 N–H and O–H groups in total. The molecule has 0 aromatic rings. The van der Waals surface area contributed by atoms with E-state index in [1.807, 2.05) is 13.8 Å². The maximum Gasteiger partial charge on any atom is 0.134 e. The summed E-state index contributed by atoms with van der Waals surface area (Å²) in [5.74, 6) is 0.551. The predicted molar refractivity (Wildman–Crippen MR) is 48.0 cm³/mol. The predicted octanol–water partition coefficient (Wildman–Crippen LogP) is 2.00.